The number of para-hydroxylation sites is 1. The van der Waals surface area contributed by atoms with E-state index in [-0.39, 0.29) is 6.54 Å². The second-order valence-corrected chi connectivity index (χ2v) is 5.40. The standard InChI is InChI=1S/C18H18N4O2/c1-21-16-9-3-2-7-14(16)15(8-5-11-22(24)18(19)23)17(21)13-6-4-10-20-12-13/h2-10,12,24H,11H2,1H3,(H2,19,23). The second-order valence-electron chi connectivity index (χ2n) is 5.40. The lowest BCUT2D eigenvalue weighted by molar-refractivity contribution is -0.0286. The topological polar surface area (TPSA) is 84.4 Å². The molecule has 2 heterocycles. The molecule has 3 aromatic rings. The molecule has 24 heavy (non-hydrogen) atoms. The highest BCUT2D eigenvalue weighted by atomic mass is 16.5. The van der Waals surface area contributed by atoms with Crippen molar-refractivity contribution < 1.29 is 10.0 Å². The van der Waals surface area contributed by atoms with Crippen molar-refractivity contribution in [2.75, 3.05) is 6.54 Å². The Morgan fingerprint density at radius 1 is 1.33 bits per heavy atom. The first-order valence-corrected chi connectivity index (χ1v) is 7.50. The van der Waals surface area contributed by atoms with E-state index in [0.717, 1.165) is 27.7 Å². The van der Waals surface area contributed by atoms with Gasteiger partial charge in [0.05, 0.1) is 12.2 Å². The Bertz CT molecular complexity index is 900. The Morgan fingerprint density at radius 2 is 2.12 bits per heavy atom. The van der Waals surface area contributed by atoms with Gasteiger partial charge in [-0.25, -0.2) is 9.86 Å². The van der Waals surface area contributed by atoms with Gasteiger partial charge in [0, 0.05) is 41.5 Å². The summed E-state index contributed by atoms with van der Waals surface area (Å²) in [4.78, 5) is 15.1. The molecule has 2 amide bonds. The molecule has 3 rings (SSSR count). The number of benzene rings is 1. The van der Waals surface area contributed by atoms with Gasteiger partial charge >= 0.3 is 6.03 Å². The zero-order valence-electron chi connectivity index (χ0n) is 13.3. The van der Waals surface area contributed by atoms with Crippen LogP contribution in [0.2, 0.25) is 0 Å². The maximum Gasteiger partial charge on any atom is 0.338 e. The summed E-state index contributed by atoms with van der Waals surface area (Å²) in [6.45, 7) is 0.0189. The first-order valence-electron chi connectivity index (χ1n) is 7.50. The minimum atomic E-state index is -0.884. The zero-order valence-corrected chi connectivity index (χ0v) is 13.3. The van der Waals surface area contributed by atoms with E-state index in [2.05, 4.69) is 9.55 Å². The molecule has 0 bridgehead atoms. The molecule has 122 valence electrons. The average molecular weight is 322 g/mol. The van der Waals surface area contributed by atoms with Crippen LogP contribution in [0.5, 0.6) is 0 Å². The van der Waals surface area contributed by atoms with Gasteiger partial charge in [0.25, 0.3) is 0 Å². The molecule has 0 aliphatic carbocycles. The number of rotatable bonds is 4. The lowest BCUT2D eigenvalue weighted by Gasteiger charge is -2.08. The number of pyridine rings is 1. The third kappa shape index (κ3) is 2.87. The lowest BCUT2D eigenvalue weighted by Crippen LogP contribution is -2.32. The highest BCUT2D eigenvalue weighted by Gasteiger charge is 2.14. The molecule has 0 aliphatic heterocycles. The molecule has 0 spiro atoms. The van der Waals surface area contributed by atoms with E-state index in [1.807, 2.05) is 55.7 Å². The summed E-state index contributed by atoms with van der Waals surface area (Å²) in [7, 11) is 2.00. The summed E-state index contributed by atoms with van der Waals surface area (Å²) < 4.78 is 2.11. The first kappa shape index (κ1) is 15.8. The van der Waals surface area contributed by atoms with Gasteiger partial charge < -0.3 is 10.3 Å². The van der Waals surface area contributed by atoms with Crippen LogP contribution in [0, 0.1) is 0 Å². The Hall–Kier alpha value is -3.12. The number of carbonyl (C=O) groups is 1. The van der Waals surface area contributed by atoms with Crippen LogP contribution in [-0.2, 0) is 7.05 Å². The van der Waals surface area contributed by atoms with E-state index >= 15 is 0 Å². The lowest BCUT2D eigenvalue weighted by atomic mass is 10.1. The maximum absolute atomic E-state index is 10.9. The summed E-state index contributed by atoms with van der Waals surface area (Å²) >= 11 is 0. The minimum absolute atomic E-state index is 0.0189. The van der Waals surface area contributed by atoms with Crippen molar-refractivity contribution >= 4 is 23.0 Å². The van der Waals surface area contributed by atoms with Crippen molar-refractivity contribution in [3.05, 3.63) is 60.4 Å². The molecule has 6 nitrogen and oxygen atoms in total. The van der Waals surface area contributed by atoms with E-state index in [4.69, 9.17) is 5.73 Å². The monoisotopic (exact) mass is 322 g/mol. The van der Waals surface area contributed by atoms with E-state index in [0.29, 0.717) is 5.06 Å². The molecular weight excluding hydrogens is 304 g/mol. The van der Waals surface area contributed by atoms with Crippen molar-refractivity contribution in [3.8, 4) is 11.3 Å². The number of hydrogen-bond acceptors (Lipinski definition) is 3. The molecule has 0 saturated heterocycles. The SMILES string of the molecule is Cn1c(-c2cccnc2)c(C=CCN(O)C(N)=O)c2ccccc21. The Balaban J connectivity index is 2.11. The Morgan fingerprint density at radius 3 is 2.83 bits per heavy atom. The van der Waals surface area contributed by atoms with E-state index in [1.54, 1.807) is 12.3 Å². The van der Waals surface area contributed by atoms with Crippen LogP contribution >= 0.6 is 0 Å². The molecule has 0 radical (unpaired) electrons. The predicted octanol–water partition coefficient (Wildman–Crippen LogP) is 3.02. The van der Waals surface area contributed by atoms with Gasteiger partial charge in [0.1, 0.15) is 0 Å². The number of nitrogens with two attached hydrogens (primary N) is 1. The van der Waals surface area contributed by atoms with Gasteiger partial charge in [-0.2, -0.15) is 0 Å². The minimum Gasteiger partial charge on any atom is -0.350 e. The normalized spacial score (nSPS) is 11.2. The smallest absolute Gasteiger partial charge is 0.338 e. The molecule has 2 aromatic heterocycles. The Labute approximate surface area is 139 Å². The third-order valence-electron chi connectivity index (χ3n) is 3.90. The van der Waals surface area contributed by atoms with Crippen molar-refractivity contribution in [2.24, 2.45) is 12.8 Å². The number of primary amides is 1. The quantitative estimate of drug-likeness (QED) is 0.572. The summed E-state index contributed by atoms with van der Waals surface area (Å²) in [5.41, 5.74) is 9.12. The van der Waals surface area contributed by atoms with Crippen LogP contribution in [0.4, 0.5) is 4.79 Å². The van der Waals surface area contributed by atoms with Gasteiger partial charge in [-0.3, -0.25) is 10.2 Å². The molecule has 0 fully saturated rings. The number of urea groups is 1. The van der Waals surface area contributed by atoms with E-state index in [9.17, 15) is 10.0 Å². The average Bonchev–Trinajstić information content (AvgIpc) is 2.88. The summed E-state index contributed by atoms with van der Waals surface area (Å²) in [6.07, 6.45) is 7.13. The van der Waals surface area contributed by atoms with Gasteiger partial charge in [0.15, 0.2) is 0 Å². The van der Waals surface area contributed by atoms with Crippen molar-refractivity contribution in [2.45, 2.75) is 0 Å². The van der Waals surface area contributed by atoms with E-state index in [1.165, 1.54) is 0 Å². The molecule has 0 aliphatic rings. The van der Waals surface area contributed by atoms with Gasteiger partial charge in [-0.05, 0) is 18.2 Å². The van der Waals surface area contributed by atoms with Crippen LogP contribution in [0.3, 0.4) is 0 Å². The van der Waals surface area contributed by atoms with Crippen molar-refractivity contribution in [3.63, 3.8) is 0 Å². The molecule has 0 atom stereocenters. The van der Waals surface area contributed by atoms with Crippen molar-refractivity contribution in [1.82, 2.24) is 14.6 Å². The molecule has 6 heteroatoms. The third-order valence-corrected chi connectivity index (χ3v) is 3.90. The number of aromatic nitrogens is 2. The van der Waals surface area contributed by atoms with Crippen LogP contribution in [-0.4, -0.2) is 32.4 Å². The number of fused-ring (bicyclic) bond motifs is 1. The fraction of sp³-hybridized carbons (Fsp3) is 0.111. The maximum atomic E-state index is 10.9. The van der Waals surface area contributed by atoms with Crippen LogP contribution in [0.25, 0.3) is 28.2 Å². The fourth-order valence-corrected chi connectivity index (χ4v) is 2.80. The molecule has 0 unspecified atom stereocenters. The molecule has 3 N–H and O–H groups in total. The van der Waals surface area contributed by atoms with E-state index < -0.39 is 6.03 Å². The Kier molecular flexibility index (Phi) is 4.31. The number of hydrogen-bond donors (Lipinski definition) is 2. The van der Waals surface area contributed by atoms with Crippen LogP contribution in [0.15, 0.2) is 54.9 Å². The number of amides is 2. The van der Waals surface area contributed by atoms with Crippen LogP contribution < -0.4 is 5.73 Å². The largest absolute Gasteiger partial charge is 0.350 e. The van der Waals surface area contributed by atoms with Gasteiger partial charge in [-0.1, -0.05) is 30.4 Å². The van der Waals surface area contributed by atoms with Crippen LogP contribution in [0.1, 0.15) is 5.56 Å². The summed E-state index contributed by atoms with van der Waals surface area (Å²) in [5.74, 6) is 0. The fourth-order valence-electron chi connectivity index (χ4n) is 2.80. The highest BCUT2D eigenvalue weighted by Crippen LogP contribution is 2.33. The van der Waals surface area contributed by atoms with Gasteiger partial charge in [-0.15, -0.1) is 0 Å². The summed E-state index contributed by atoms with van der Waals surface area (Å²) in [5, 5.41) is 10.9. The first-order chi connectivity index (χ1) is 11.6. The molecular formula is C18H18N4O2. The van der Waals surface area contributed by atoms with Gasteiger partial charge in [0.2, 0.25) is 0 Å². The number of nitrogens with zero attached hydrogens (tertiary/aromatic N) is 3. The van der Waals surface area contributed by atoms with Crippen molar-refractivity contribution in [1.29, 1.82) is 0 Å². The predicted molar refractivity (Wildman–Crippen MR) is 93.3 cm³/mol. The molecule has 1 aromatic carbocycles. The number of carbonyl (C=O) groups excluding carboxylic acids is 1. The molecule has 0 saturated carbocycles. The zero-order chi connectivity index (χ0) is 17.1. The number of hydroxylamine groups is 2. The second kappa shape index (κ2) is 6.55. The summed E-state index contributed by atoms with van der Waals surface area (Å²) in [6, 6.07) is 11.1. The highest BCUT2D eigenvalue weighted by molar-refractivity contribution is 5.97. The number of aryl methyl sites for hydroxylation is 1.